The maximum atomic E-state index is 12.8. The summed E-state index contributed by atoms with van der Waals surface area (Å²) < 4.78 is 34.2. The van der Waals surface area contributed by atoms with Gasteiger partial charge in [-0.05, 0) is 70.6 Å². The van der Waals surface area contributed by atoms with Crippen molar-refractivity contribution in [2.75, 3.05) is 47.5 Å². The largest absolute Gasteiger partial charge is 0.756 e. The Labute approximate surface area is 491 Å². The van der Waals surface area contributed by atoms with Crippen LogP contribution in [-0.4, -0.2) is 70.0 Å². The fourth-order valence-electron chi connectivity index (χ4n) is 10.1. The summed E-state index contributed by atoms with van der Waals surface area (Å²) in [5, 5.41) is 0. The first-order chi connectivity index (χ1) is 38.5. The molecule has 0 aliphatic heterocycles. The number of quaternary nitrogens is 1. The minimum absolute atomic E-state index is 0.0320. The SMILES string of the molecule is CCCCCC/C=C\C/C=C\CCCCCCCC(=O)OC(COC(=O)CCCCCCCCCCCCCCCCCCCCCCCCCCCCC/C=C\CCCCCCCCCC)COP(=O)([O-])OCC[N+](C)(C)C. The normalized spacial score (nSPS) is 13.3. The van der Waals surface area contributed by atoms with Gasteiger partial charge in [-0.25, -0.2) is 0 Å². The Bertz CT molecular complexity index is 1430. The highest BCUT2D eigenvalue weighted by Crippen LogP contribution is 2.38. The van der Waals surface area contributed by atoms with E-state index in [2.05, 4.69) is 50.3 Å². The molecule has 0 spiro atoms. The number of phosphoric ester groups is 1. The fourth-order valence-corrected chi connectivity index (χ4v) is 10.8. The lowest BCUT2D eigenvalue weighted by Gasteiger charge is -2.28. The topological polar surface area (TPSA) is 111 Å². The first-order valence-corrected chi connectivity index (χ1v) is 35.7. The van der Waals surface area contributed by atoms with Crippen molar-refractivity contribution in [1.29, 1.82) is 0 Å². The maximum absolute atomic E-state index is 12.8. The molecule has 0 heterocycles. The Morgan fingerprint density at radius 2 is 0.684 bits per heavy atom. The molecule has 0 amide bonds. The molecule has 0 radical (unpaired) electrons. The highest BCUT2D eigenvalue weighted by molar-refractivity contribution is 7.45. The molecule has 0 rings (SSSR count). The predicted octanol–water partition coefficient (Wildman–Crippen LogP) is 21.3. The van der Waals surface area contributed by atoms with Crippen LogP contribution in [0.5, 0.6) is 0 Å². The molecule has 9 nitrogen and oxygen atoms in total. The third-order valence-electron chi connectivity index (χ3n) is 15.4. The predicted molar refractivity (Wildman–Crippen MR) is 337 cm³/mol. The Kier molecular flexibility index (Phi) is 59.4. The molecule has 0 aliphatic rings. The number of likely N-dealkylation sites (N-methyl/N-ethyl adjacent to an activating group) is 1. The summed E-state index contributed by atoms with van der Waals surface area (Å²) in [6.45, 7) is 4.25. The van der Waals surface area contributed by atoms with Crippen LogP contribution < -0.4 is 4.89 Å². The molecule has 0 aromatic carbocycles. The van der Waals surface area contributed by atoms with Gasteiger partial charge in [-0.2, -0.15) is 0 Å². The van der Waals surface area contributed by atoms with E-state index in [1.54, 1.807) is 0 Å². The molecule has 0 N–H and O–H groups in total. The van der Waals surface area contributed by atoms with Gasteiger partial charge >= 0.3 is 11.9 Å². The average molecular weight is 1130 g/mol. The average Bonchev–Trinajstić information content (AvgIpc) is 3.41. The molecule has 466 valence electrons. The molecule has 0 aliphatic carbocycles. The Hall–Kier alpha value is -1.77. The number of hydrogen-bond acceptors (Lipinski definition) is 8. The standard InChI is InChI=1S/C69H132NO8P/c1-6-8-10-12-14-16-18-20-22-24-25-26-27-28-29-30-31-32-33-34-35-36-37-38-39-40-41-42-43-44-45-46-48-49-51-53-55-57-59-61-68(71)75-65-67(66-77-79(73,74)76-64-63-70(3,4)5)78-69(72)62-60-58-56-54-52-50-47-23-21-19-17-15-13-11-9-7-2/h17,19,23-25,47,67H,6-16,18,20-22,26-46,48-66H2,1-5H3/b19-17-,25-24-,47-23-. The van der Waals surface area contributed by atoms with Gasteiger partial charge in [0, 0.05) is 12.8 Å². The molecule has 79 heavy (non-hydrogen) atoms. The van der Waals surface area contributed by atoms with Crippen LogP contribution >= 0.6 is 7.82 Å². The molecule has 0 aromatic rings. The Morgan fingerprint density at radius 1 is 0.392 bits per heavy atom. The Morgan fingerprint density at radius 3 is 1.03 bits per heavy atom. The van der Waals surface area contributed by atoms with E-state index in [0.717, 1.165) is 57.8 Å². The van der Waals surface area contributed by atoms with Crippen LogP contribution in [-0.2, 0) is 32.7 Å². The molecular formula is C69H132NO8P. The lowest BCUT2D eigenvalue weighted by atomic mass is 10.0. The van der Waals surface area contributed by atoms with Crippen molar-refractivity contribution in [1.82, 2.24) is 0 Å². The molecule has 0 saturated carbocycles. The summed E-state index contributed by atoms with van der Waals surface area (Å²) in [5.74, 6) is -0.834. The summed E-state index contributed by atoms with van der Waals surface area (Å²) >= 11 is 0. The molecule has 0 bridgehead atoms. The number of ether oxygens (including phenoxy) is 2. The van der Waals surface area contributed by atoms with Crippen molar-refractivity contribution in [2.24, 2.45) is 0 Å². The molecule has 10 heteroatoms. The monoisotopic (exact) mass is 1130 g/mol. The number of hydrogen-bond donors (Lipinski definition) is 0. The van der Waals surface area contributed by atoms with Crippen molar-refractivity contribution in [3.05, 3.63) is 36.5 Å². The first kappa shape index (κ1) is 77.2. The van der Waals surface area contributed by atoms with Gasteiger partial charge in [-0.3, -0.25) is 14.2 Å². The summed E-state index contributed by atoms with van der Waals surface area (Å²) in [5.41, 5.74) is 0. The summed E-state index contributed by atoms with van der Waals surface area (Å²) in [6, 6.07) is 0. The number of carbonyl (C=O) groups excluding carboxylic acids is 2. The molecule has 2 unspecified atom stereocenters. The van der Waals surface area contributed by atoms with Crippen LogP contribution in [0, 0.1) is 0 Å². The minimum Gasteiger partial charge on any atom is -0.756 e. The lowest BCUT2D eigenvalue weighted by molar-refractivity contribution is -0.870. The maximum Gasteiger partial charge on any atom is 0.306 e. The van der Waals surface area contributed by atoms with Crippen molar-refractivity contribution in [3.8, 4) is 0 Å². The summed E-state index contributed by atoms with van der Waals surface area (Å²) in [7, 11) is 1.17. The van der Waals surface area contributed by atoms with Crippen LogP contribution in [0.25, 0.3) is 0 Å². The van der Waals surface area contributed by atoms with Crippen LogP contribution in [0.1, 0.15) is 341 Å². The second-order valence-electron chi connectivity index (χ2n) is 24.5. The van der Waals surface area contributed by atoms with E-state index in [1.807, 2.05) is 21.1 Å². The zero-order valence-corrected chi connectivity index (χ0v) is 54.0. The third-order valence-corrected chi connectivity index (χ3v) is 16.3. The van der Waals surface area contributed by atoms with E-state index < -0.39 is 26.5 Å². The number of unbranched alkanes of at least 4 members (excludes halogenated alkanes) is 44. The van der Waals surface area contributed by atoms with Gasteiger partial charge in [0.2, 0.25) is 0 Å². The van der Waals surface area contributed by atoms with Crippen LogP contribution in [0.3, 0.4) is 0 Å². The molecule has 2 atom stereocenters. The molecule has 0 saturated heterocycles. The smallest absolute Gasteiger partial charge is 0.306 e. The zero-order valence-electron chi connectivity index (χ0n) is 53.1. The summed E-state index contributed by atoms with van der Waals surface area (Å²) in [4.78, 5) is 37.9. The van der Waals surface area contributed by atoms with Crippen molar-refractivity contribution >= 4 is 19.8 Å². The fraction of sp³-hybridized carbons (Fsp3) is 0.884. The quantitative estimate of drug-likeness (QED) is 0.0195. The van der Waals surface area contributed by atoms with Crippen molar-refractivity contribution < 1.29 is 42.1 Å². The van der Waals surface area contributed by atoms with Gasteiger partial charge in [-0.1, -0.05) is 294 Å². The van der Waals surface area contributed by atoms with E-state index in [9.17, 15) is 19.0 Å². The van der Waals surface area contributed by atoms with Crippen molar-refractivity contribution in [2.45, 2.75) is 347 Å². The van der Waals surface area contributed by atoms with Gasteiger partial charge in [0.15, 0.2) is 6.10 Å². The zero-order chi connectivity index (χ0) is 57.7. The van der Waals surface area contributed by atoms with Gasteiger partial charge < -0.3 is 27.9 Å². The molecule has 0 aromatic heterocycles. The van der Waals surface area contributed by atoms with Crippen LogP contribution in [0.2, 0.25) is 0 Å². The highest BCUT2D eigenvalue weighted by Gasteiger charge is 2.22. The number of phosphoric acid groups is 1. The van der Waals surface area contributed by atoms with Crippen LogP contribution in [0.4, 0.5) is 0 Å². The Balaban J connectivity index is 3.86. The second kappa shape index (κ2) is 60.8. The number of allylic oxidation sites excluding steroid dienone is 6. The third kappa shape index (κ3) is 65.3. The van der Waals surface area contributed by atoms with Gasteiger partial charge in [0.25, 0.3) is 7.82 Å². The highest BCUT2D eigenvalue weighted by atomic mass is 31.2. The van der Waals surface area contributed by atoms with E-state index in [4.69, 9.17) is 18.5 Å². The van der Waals surface area contributed by atoms with E-state index in [0.29, 0.717) is 17.4 Å². The number of rotatable bonds is 64. The number of nitrogens with zero attached hydrogens (tertiary/aromatic N) is 1. The first-order valence-electron chi connectivity index (χ1n) is 34.2. The van der Waals surface area contributed by atoms with Crippen molar-refractivity contribution in [3.63, 3.8) is 0 Å². The minimum atomic E-state index is -4.64. The van der Waals surface area contributed by atoms with Gasteiger partial charge in [0.1, 0.15) is 19.8 Å². The molecular weight excluding hydrogens is 1000 g/mol. The second-order valence-corrected chi connectivity index (χ2v) is 25.9. The van der Waals surface area contributed by atoms with Gasteiger partial charge in [0.05, 0.1) is 27.7 Å². The number of esters is 2. The van der Waals surface area contributed by atoms with E-state index >= 15 is 0 Å². The summed E-state index contributed by atoms with van der Waals surface area (Å²) in [6.07, 6.45) is 76.8. The number of carbonyl (C=O) groups is 2. The van der Waals surface area contributed by atoms with Crippen LogP contribution in [0.15, 0.2) is 36.5 Å². The van der Waals surface area contributed by atoms with Gasteiger partial charge in [-0.15, -0.1) is 0 Å². The molecule has 0 fully saturated rings. The van der Waals surface area contributed by atoms with E-state index in [1.165, 1.54) is 250 Å². The van der Waals surface area contributed by atoms with E-state index in [-0.39, 0.29) is 32.0 Å². The lowest BCUT2D eigenvalue weighted by Crippen LogP contribution is -2.37.